The molecule has 0 saturated heterocycles. The largest absolute Gasteiger partial charge is 0.468 e. The SMILES string of the molecule is CCN(Cc1ccco1)C(C)c1ccc(N)cc1. The molecule has 2 aromatic rings. The highest BCUT2D eigenvalue weighted by molar-refractivity contribution is 5.40. The Balaban J connectivity index is 2.09. The number of nitrogens with zero attached hydrogens (tertiary/aromatic N) is 1. The Bertz CT molecular complexity index is 462. The van der Waals surface area contributed by atoms with Gasteiger partial charge >= 0.3 is 0 Å². The minimum Gasteiger partial charge on any atom is -0.468 e. The molecule has 2 rings (SSSR count). The average molecular weight is 244 g/mol. The van der Waals surface area contributed by atoms with Crippen molar-refractivity contribution in [2.45, 2.75) is 26.4 Å². The van der Waals surface area contributed by atoms with Gasteiger partial charge in [-0.25, -0.2) is 0 Å². The van der Waals surface area contributed by atoms with Gasteiger partial charge in [-0.3, -0.25) is 4.90 Å². The van der Waals surface area contributed by atoms with Crippen LogP contribution in [-0.4, -0.2) is 11.4 Å². The van der Waals surface area contributed by atoms with Crippen LogP contribution in [0, 0.1) is 0 Å². The number of anilines is 1. The zero-order valence-corrected chi connectivity index (χ0v) is 11.0. The molecule has 1 heterocycles. The maximum atomic E-state index is 5.72. The second-order valence-corrected chi connectivity index (χ2v) is 4.49. The molecule has 1 aromatic heterocycles. The maximum absolute atomic E-state index is 5.72. The van der Waals surface area contributed by atoms with Gasteiger partial charge in [-0.05, 0) is 43.3 Å². The lowest BCUT2D eigenvalue weighted by Gasteiger charge is -2.27. The third-order valence-corrected chi connectivity index (χ3v) is 3.31. The van der Waals surface area contributed by atoms with Crippen molar-refractivity contribution in [2.75, 3.05) is 12.3 Å². The third-order valence-electron chi connectivity index (χ3n) is 3.31. The Morgan fingerprint density at radius 1 is 1.22 bits per heavy atom. The van der Waals surface area contributed by atoms with Crippen LogP contribution in [-0.2, 0) is 6.54 Å². The standard InChI is InChI=1S/C15H20N2O/c1-3-17(11-15-5-4-10-18-15)12(2)13-6-8-14(16)9-7-13/h4-10,12H,3,11,16H2,1-2H3. The summed E-state index contributed by atoms with van der Waals surface area (Å²) >= 11 is 0. The minimum absolute atomic E-state index is 0.348. The van der Waals surface area contributed by atoms with Crippen molar-refractivity contribution < 1.29 is 4.42 Å². The fourth-order valence-electron chi connectivity index (χ4n) is 2.11. The molecule has 1 aromatic carbocycles. The molecule has 3 nitrogen and oxygen atoms in total. The molecular weight excluding hydrogens is 224 g/mol. The molecule has 18 heavy (non-hydrogen) atoms. The number of hydrogen-bond donors (Lipinski definition) is 1. The molecule has 0 spiro atoms. The monoisotopic (exact) mass is 244 g/mol. The van der Waals surface area contributed by atoms with Crippen LogP contribution in [0.5, 0.6) is 0 Å². The molecule has 1 atom stereocenters. The summed E-state index contributed by atoms with van der Waals surface area (Å²) in [5.74, 6) is 0.999. The van der Waals surface area contributed by atoms with Crippen LogP contribution in [0.25, 0.3) is 0 Å². The molecule has 0 saturated carbocycles. The number of nitrogens with two attached hydrogens (primary N) is 1. The van der Waals surface area contributed by atoms with E-state index >= 15 is 0 Å². The first-order valence-corrected chi connectivity index (χ1v) is 6.32. The van der Waals surface area contributed by atoms with Gasteiger partial charge in [0.1, 0.15) is 5.76 Å². The molecule has 0 aliphatic heterocycles. The van der Waals surface area contributed by atoms with Crippen LogP contribution in [0.1, 0.15) is 31.2 Å². The molecule has 0 amide bonds. The summed E-state index contributed by atoms with van der Waals surface area (Å²) in [5.41, 5.74) is 7.80. The second-order valence-electron chi connectivity index (χ2n) is 4.49. The van der Waals surface area contributed by atoms with Gasteiger partial charge in [0.05, 0.1) is 12.8 Å². The highest BCUT2D eigenvalue weighted by Gasteiger charge is 2.15. The number of nitrogen functional groups attached to an aromatic ring is 1. The number of rotatable bonds is 5. The van der Waals surface area contributed by atoms with Crippen molar-refractivity contribution in [2.24, 2.45) is 0 Å². The van der Waals surface area contributed by atoms with E-state index in [1.807, 2.05) is 24.3 Å². The van der Waals surface area contributed by atoms with E-state index in [9.17, 15) is 0 Å². The molecule has 1 unspecified atom stereocenters. The first-order chi connectivity index (χ1) is 8.70. The van der Waals surface area contributed by atoms with E-state index < -0.39 is 0 Å². The molecule has 96 valence electrons. The molecule has 0 aliphatic carbocycles. The Kier molecular flexibility index (Phi) is 4.05. The van der Waals surface area contributed by atoms with Crippen LogP contribution in [0.2, 0.25) is 0 Å². The van der Waals surface area contributed by atoms with Gasteiger partial charge in [-0.15, -0.1) is 0 Å². The molecule has 0 radical (unpaired) electrons. The number of furan rings is 1. The molecule has 3 heteroatoms. The summed E-state index contributed by atoms with van der Waals surface area (Å²) in [7, 11) is 0. The van der Waals surface area contributed by atoms with Crippen molar-refractivity contribution >= 4 is 5.69 Å². The molecular formula is C15H20N2O. The number of benzene rings is 1. The summed E-state index contributed by atoms with van der Waals surface area (Å²) in [4.78, 5) is 2.37. The van der Waals surface area contributed by atoms with Gasteiger partial charge in [0.25, 0.3) is 0 Å². The molecule has 0 bridgehead atoms. The highest BCUT2D eigenvalue weighted by Crippen LogP contribution is 2.23. The average Bonchev–Trinajstić information content (AvgIpc) is 2.89. The van der Waals surface area contributed by atoms with E-state index in [-0.39, 0.29) is 0 Å². The van der Waals surface area contributed by atoms with Crippen molar-refractivity contribution in [3.63, 3.8) is 0 Å². The highest BCUT2D eigenvalue weighted by atomic mass is 16.3. The number of hydrogen-bond acceptors (Lipinski definition) is 3. The maximum Gasteiger partial charge on any atom is 0.117 e. The van der Waals surface area contributed by atoms with Crippen molar-refractivity contribution in [3.05, 3.63) is 54.0 Å². The third kappa shape index (κ3) is 2.93. The van der Waals surface area contributed by atoms with E-state index in [0.29, 0.717) is 6.04 Å². The van der Waals surface area contributed by atoms with Gasteiger partial charge in [0, 0.05) is 11.7 Å². The smallest absolute Gasteiger partial charge is 0.117 e. The van der Waals surface area contributed by atoms with Gasteiger partial charge in [-0.1, -0.05) is 19.1 Å². The van der Waals surface area contributed by atoms with Crippen LogP contribution >= 0.6 is 0 Å². The minimum atomic E-state index is 0.348. The quantitative estimate of drug-likeness (QED) is 0.819. The fourth-order valence-corrected chi connectivity index (χ4v) is 2.11. The van der Waals surface area contributed by atoms with E-state index in [2.05, 4.69) is 30.9 Å². The Morgan fingerprint density at radius 2 is 1.94 bits per heavy atom. The predicted molar refractivity (Wildman–Crippen MR) is 74.1 cm³/mol. The lowest BCUT2D eigenvalue weighted by atomic mass is 10.1. The van der Waals surface area contributed by atoms with Gasteiger partial charge in [0.2, 0.25) is 0 Å². The zero-order chi connectivity index (χ0) is 13.0. The van der Waals surface area contributed by atoms with Gasteiger partial charge in [0.15, 0.2) is 0 Å². The van der Waals surface area contributed by atoms with E-state index in [1.54, 1.807) is 6.26 Å². The van der Waals surface area contributed by atoms with Crippen LogP contribution < -0.4 is 5.73 Å². The topological polar surface area (TPSA) is 42.4 Å². The Hall–Kier alpha value is -1.74. The Labute approximate surface area is 108 Å². The van der Waals surface area contributed by atoms with Crippen molar-refractivity contribution in [3.8, 4) is 0 Å². The lowest BCUT2D eigenvalue weighted by Crippen LogP contribution is -2.26. The van der Waals surface area contributed by atoms with Gasteiger partial charge < -0.3 is 10.2 Å². The molecule has 2 N–H and O–H groups in total. The van der Waals surface area contributed by atoms with Crippen LogP contribution in [0.15, 0.2) is 47.1 Å². The first kappa shape index (κ1) is 12.7. The summed E-state index contributed by atoms with van der Waals surface area (Å²) < 4.78 is 5.41. The summed E-state index contributed by atoms with van der Waals surface area (Å²) in [6, 6.07) is 12.4. The summed E-state index contributed by atoms with van der Waals surface area (Å²) in [5, 5.41) is 0. The van der Waals surface area contributed by atoms with Crippen LogP contribution in [0.4, 0.5) is 5.69 Å². The first-order valence-electron chi connectivity index (χ1n) is 6.32. The van der Waals surface area contributed by atoms with E-state index in [1.165, 1.54) is 5.56 Å². The summed E-state index contributed by atoms with van der Waals surface area (Å²) in [6.45, 7) is 6.18. The van der Waals surface area contributed by atoms with Gasteiger partial charge in [-0.2, -0.15) is 0 Å². The van der Waals surface area contributed by atoms with E-state index in [0.717, 1.165) is 24.5 Å². The van der Waals surface area contributed by atoms with Crippen molar-refractivity contribution in [1.29, 1.82) is 0 Å². The fraction of sp³-hybridized carbons (Fsp3) is 0.333. The van der Waals surface area contributed by atoms with Crippen molar-refractivity contribution in [1.82, 2.24) is 4.90 Å². The van der Waals surface area contributed by atoms with Crippen LogP contribution in [0.3, 0.4) is 0 Å². The second kappa shape index (κ2) is 5.74. The molecule has 0 fully saturated rings. The zero-order valence-electron chi connectivity index (χ0n) is 11.0. The molecule has 0 aliphatic rings. The summed E-state index contributed by atoms with van der Waals surface area (Å²) in [6.07, 6.45) is 1.72. The normalized spacial score (nSPS) is 12.8. The lowest BCUT2D eigenvalue weighted by molar-refractivity contribution is 0.196. The Morgan fingerprint density at radius 3 is 2.50 bits per heavy atom. The van der Waals surface area contributed by atoms with E-state index in [4.69, 9.17) is 10.2 Å². The predicted octanol–water partition coefficient (Wildman–Crippen LogP) is 3.44.